The molecule has 1 heterocycles. The average molecular weight is 281 g/mol. The van der Waals surface area contributed by atoms with E-state index < -0.39 is 40.3 Å². The number of hydrogen-bond donors (Lipinski definition) is 0. The van der Waals surface area contributed by atoms with Crippen molar-refractivity contribution in [3.63, 3.8) is 0 Å². The molecule has 0 bridgehead atoms. The van der Waals surface area contributed by atoms with Crippen molar-refractivity contribution in [2.45, 2.75) is 12.8 Å². The molecular weight excluding hydrogens is 274 g/mol. The highest BCUT2D eigenvalue weighted by molar-refractivity contribution is 6.30. The third kappa shape index (κ3) is 3.10. The summed E-state index contributed by atoms with van der Waals surface area (Å²) in [5, 5.41) is 10.0. The van der Waals surface area contributed by atoms with Crippen LogP contribution in [0.15, 0.2) is 6.07 Å². The normalized spacial score (nSPS) is 10.5. The molecule has 0 saturated heterocycles. The molecule has 0 fully saturated rings. The Morgan fingerprint density at radius 3 is 2.72 bits per heavy atom. The maximum Gasteiger partial charge on any atom is 0.368 e. The topological polar surface area (TPSA) is 82.3 Å². The number of aromatic nitrogens is 1. The van der Waals surface area contributed by atoms with Crippen LogP contribution in [0, 0.1) is 10.1 Å². The predicted octanol–water partition coefficient (Wildman–Crippen LogP) is 2.30. The molecule has 0 aliphatic rings. The van der Waals surface area contributed by atoms with E-state index >= 15 is 0 Å². The maximum absolute atomic E-state index is 12.5. The van der Waals surface area contributed by atoms with Gasteiger partial charge in [-0.3, -0.25) is 4.79 Å². The van der Waals surface area contributed by atoms with Crippen LogP contribution in [0.1, 0.15) is 17.6 Å². The lowest BCUT2D eigenvalue weighted by Gasteiger charge is -2.05. The quantitative estimate of drug-likeness (QED) is 0.366. The van der Waals surface area contributed by atoms with Gasteiger partial charge in [0.25, 0.3) is 11.6 Å². The van der Waals surface area contributed by atoms with Crippen LogP contribution in [0.5, 0.6) is 0 Å². The zero-order chi connectivity index (χ0) is 13.9. The third-order valence-electron chi connectivity index (χ3n) is 2.03. The summed E-state index contributed by atoms with van der Waals surface area (Å²) in [5.74, 6) is -1.54. The number of carbonyl (C=O) groups excluding carboxylic acids is 1. The van der Waals surface area contributed by atoms with Gasteiger partial charge in [-0.15, -0.1) is 0 Å². The summed E-state index contributed by atoms with van der Waals surface area (Å²) < 4.78 is 29.4. The third-order valence-corrected chi connectivity index (χ3v) is 2.33. The number of nitro groups is 1. The van der Waals surface area contributed by atoms with Gasteiger partial charge in [0.1, 0.15) is 0 Å². The van der Waals surface area contributed by atoms with E-state index in [4.69, 9.17) is 11.6 Å². The minimum Gasteiger partial charge on any atom is -0.469 e. The average Bonchev–Trinajstić information content (AvgIpc) is 2.29. The van der Waals surface area contributed by atoms with Gasteiger partial charge in [-0.05, 0) is 27.6 Å². The molecule has 0 amide bonds. The molecule has 0 radical (unpaired) electrons. The fourth-order valence-electron chi connectivity index (χ4n) is 1.21. The fourth-order valence-corrected chi connectivity index (χ4v) is 1.43. The highest BCUT2D eigenvalue weighted by Crippen LogP contribution is 2.30. The van der Waals surface area contributed by atoms with Crippen molar-refractivity contribution >= 4 is 23.4 Å². The zero-order valence-electron chi connectivity index (χ0n) is 9.02. The van der Waals surface area contributed by atoms with Gasteiger partial charge < -0.3 is 14.9 Å². The largest absolute Gasteiger partial charge is 0.469 e. The van der Waals surface area contributed by atoms with Crippen molar-refractivity contribution in [1.29, 1.82) is 0 Å². The molecule has 6 nitrogen and oxygen atoms in total. The van der Waals surface area contributed by atoms with E-state index in [9.17, 15) is 23.7 Å². The number of pyridine rings is 1. The van der Waals surface area contributed by atoms with Crippen molar-refractivity contribution in [3.8, 4) is 0 Å². The van der Waals surface area contributed by atoms with Crippen molar-refractivity contribution < 1.29 is 23.2 Å². The number of halogens is 3. The summed E-state index contributed by atoms with van der Waals surface area (Å²) in [4.78, 5) is 24.1. The first kappa shape index (κ1) is 14.2. The van der Waals surface area contributed by atoms with Gasteiger partial charge in [-0.25, -0.2) is 8.78 Å². The molecule has 0 unspecified atom stereocenters. The van der Waals surface area contributed by atoms with Gasteiger partial charge in [0.15, 0.2) is 0 Å². The molecule has 0 aromatic carbocycles. The van der Waals surface area contributed by atoms with Crippen molar-refractivity contribution in [3.05, 3.63) is 32.5 Å². The number of hydrogen-bond acceptors (Lipinski definition) is 5. The van der Waals surface area contributed by atoms with Crippen molar-refractivity contribution in [1.82, 2.24) is 4.98 Å². The highest BCUT2D eigenvalue weighted by atomic mass is 35.5. The Labute approximate surface area is 105 Å². The molecule has 0 aliphatic heterocycles. The van der Waals surface area contributed by atoms with Crippen LogP contribution >= 0.6 is 11.6 Å². The van der Waals surface area contributed by atoms with E-state index in [1.54, 1.807) is 0 Å². The number of methoxy groups -OCH3 is 1. The van der Waals surface area contributed by atoms with E-state index in [1.807, 2.05) is 0 Å². The molecule has 1 aromatic heterocycles. The van der Waals surface area contributed by atoms with Gasteiger partial charge in [0.05, 0.1) is 24.7 Å². The number of nitrogens with zero attached hydrogens (tertiary/aromatic N) is 2. The second kappa shape index (κ2) is 5.67. The summed E-state index contributed by atoms with van der Waals surface area (Å²) in [6.45, 7) is 0. The van der Waals surface area contributed by atoms with E-state index in [0.29, 0.717) is 0 Å². The molecule has 0 N–H and O–H groups in total. The van der Waals surface area contributed by atoms with Crippen LogP contribution in [-0.4, -0.2) is 23.0 Å². The molecule has 1 aromatic rings. The van der Waals surface area contributed by atoms with E-state index in [2.05, 4.69) is 9.72 Å². The summed E-state index contributed by atoms with van der Waals surface area (Å²) in [6.07, 6.45) is -3.47. The Morgan fingerprint density at radius 1 is 1.67 bits per heavy atom. The smallest absolute Gasteiger partial charge is 0.368 e. The van der Waals surface area contributed by atoms with Crippen molar-refractivity contribution in [2.24, 2.45) is 0 Å². The number of esters is 1. The monoisotopic (exact) mass is 280 g/mol. The highest BCUT2D eigenvalue weighted by Gasteiger charge is 2.26. The lowest BCUT2D eigenvalue weighted by molar-refractivity contribution is -0.390. The van der Waals surface area contributed by atoms with Crippen LogP contribution in [0.3, 0.4) is 0 Å². The molecule has 1 rings (SSSR count). The fraction of sp³-hybridized carbons (Fsp3) is 0.333. The molecule has 0 aliphatic carbocycles. The van der Waals surface area contributed by atoms with Crippen molar-refractivity contribution in [2.75, 3.05) is 7.11 Å². The Balaban J connectivity index is 3.30. The van der Waals surface area contributed by atoms with Gasteiger partial charge in [-0.2, -0.15) is 0 Å². The number of alkyl halides is 2. The molecule has 0 saturated carbocycles. The standard InChI is InChI=1S/C9H7ClF2N2O4/c1-18-6(15)3-4-2-5(8(11)12)7(10)13-9(4)14(16)17/h2,8H,3H2,1H3. The summed E-state index contributed by atoms with van der Waals surface area (Å²) in [5.41, 5.74) is -0.937. The molecule has 18 heavy (non-hydrogen) atoms. The SMILES string of the molecule is COC(=O)Cc1cc(C(F)F)c(Cl)nc1[N+](=O)[O-]. The van der Waals surface area contributed by atoms with Crippen LogP contribution in [0.25, 0.3) is 0 Å². The lowest BCUT2D eigenvalue weighted by Crippen LogP contribution is -2.09. The van der Waals surface area contributed by atoms with Gasteiger partial charge >= 0.3 is 11.8 Å². The lowest BCUT2D eigenvalue weighted by atomic mass is 10.1. The molecular formula is C9H7ClF2N2O4. The predicted molar refractivity (Wildman–Crippen MR) is 56.6 cm³/mol. The molecule has 0 spiro atoms. The molecule has 98 valence electrons. The van der Waals surface area contributed by atoms with E-state index in [-0.39, 0.29) is 5.56 Å². The number of carbonyl (C=O) groups is 1. The molecule has 0 atom stereocenters. The Bertz CT molecular complexity index is 496. The summed E-state index contributed by atoms with van der Waals surface area (Å²) in [6, 6.07) is 0.787. The minimum absolute atomic E-state index is 0.272. The second-order valence-electron chi connectivity index (χ2n) is 3.16. The van der Waals surface area contributed by atoms with Gasteiger partial charge in [0.2, 0.25) is 0 Å². The Kier molecular flexibility index (Phi) is 4.49. The zero-order valence-corrected chi connectivity index (χ0v) is 9.78. The number of ether oxygens (including phenoxy) is 1. The van der Waals surface area contributed by atoms with Crippen LogP contribution in [-0.2, 0) is 16.0 Å². The Hall–Kier alpha value is -1.83. The first-order valence-corrected chi connectivity index (χ1v) is 4.93. The second-order valence-corrected chi connectivity index (χ2v) is 3.52. The van der Waals surface area contributed by atoms with Crippen LogP contribution in [0.2, 0.25) is 5.15 Å². The number of rotatable bonds is 4. The van der Waals surface area contributed by atoms with Crippen LogP contribution in [0.4, 0.5) is 14.6 Å². The van der Waals surface area contributed by atoms with E-state index in [1.165, 1.54) is 0 Å². The van der Waals surface area contributed by atoms with Crippen LogP contribution < -0.4 is 0 Å². The summed E-state index contributed by atoms with van der Waals surface area (Å²) in [7, 11) is 1.07. The minimum atomic E-state index is -2.94. The Morgan fingerprint density at radius 2 is 2.28 bits per heavy atom. The van der Waals surface area contributed by atoms with Gasteiger partial charge in [0, 0.05) is 0 Å². The van der Waals surface area contributed by atoms with Gasteiger partial charge in [-0.1, -0.05) is 0 Å². The first-order valence-electron chi connectivity index (χ1n) is 4.55. The molecule has 9 heteroatoms. The summed E-state index contributed by atoms with van der Waals surface area (Å²) >= 11 is 5.40. The van der Waals surface area contributed by atoms with E-state index in [0.717, 1.165) is 13.2 Å². The first-order chi connectivity index (χ1) is 8.36. The maximum atomic E-state index is 12.5.